The van der Waals surface area contributed by atoms with Crippen molar-refractivity contribution in [1.29, 1.82) is 0 Å². The van der Waals surface area contributed by atoms with Gasteiger partial charge in [0.05, 0.1) is 7.11 Å². The molecule has 0 bridgehead atoms. The van der Waals surface area contributed by atoms with Crippen LogP contribution in [0.3, 0.4) is 0 Å². The molecule has 0 unspecified atom stereocenters. The minimum atomic E-state index is -0.0698. The van der Waals surface area contributed by atoms with Crippen molar-refractivity contribution in [2.45, 2.75) is 39.2 Å². The van der Waals surface area contributed by atoms with E-state index in [1.807, 2.05) is 4.90 Å². The number of amides is 2. The summed E-state index contributed by atoms with van der Waals surface area (Å²) in [5, 5.41) is 3.06. The van der Waals surface area contributed by atoms with Gasteiger partial charge in [-0.1, -0.05) is 13.8 Å². The molecule has 1 aliphatic rings. The maximum absolute atomic E-state index is 12.2. The maximum Gasteiger partial charge on any atom is 0.251 e. The van der Waals surface area contributed by atoms with Crippen molar-refractivity contribution in [3.05, 3.63) is 29.8 Å². The standard InChI is InChI=1S/C18H26N2O3/c1-13(2)12-17(21)20-10-8-15(9-11-20)19-18(22)14-4-6-16(23-3)7-5-14/h4-7,13,15H,8-12H2,1-3H3,(H,19,22). The smallest absolute Gasteiger partial charge is 0.251 e. The van der Waals surface area contributed by atoms with Crippen LogP contribution in [-0.2, 0) is 4.79 Å². The molecule has 1 aliphatic heterocycles. The van der Waals surface area contributed by atoms with Gasteiger partial charge in [0.25, 0.3) is 5.91 Å². The first-order valence-electron chi connectivity index (χ1n) is 8.22. The molecule has 23 heavy (non-hydrogen) atoms. The topological polar surface area (TPSA) is 58.6 Å². The summed E-state index contributed by atoms with van der Waals surface area (Å²) in [6.45, 7) is 5.55. The summed E-state index contributed by atoms with van der Waals surface area (Å²) < 4.78 is 5.09. The second-order valence-electron chi connectivity index (χ2n) is 6.45. The molecule has 0 atom stereocenters. The molecule has 126 valence electrons. The van der Waals surface area contributed by atoms with E-state index < -0.39 is 0 Å². The van der Waals surface area contributed by atoms with E-state index >= 15 is 0 Å². The zero-order chi connectivity index (χ0) is 16.8. The van der Waals surface area contributed by atoms with Gasteiger partial charge in [0, 0.05) is 31.1 Å². The number of rotatable bonds is 5. The van der Waals surface area contributed by atoms with Gasteiger partial charge in [0.1, 0.15) is 5.75 Å². The highest BCUT2D eigenvalue weighted by Gasteiger charge is 2.24. The van der Waals surface area contributed by atoms with Crippen LogP contribution in [0.5, 0.6) is 5.75 Å². The number of benzene rings is 1. The lowest BCUT2D eigenvalue weighted by atomic mass is 10.0. The van der Waals surface area contributed by atoms with E-state index in [9.17, 15) is 9.59 Å². The molecule has 1 saturated heterocycles. The number of carbonyl (C=O) groups excluding carboxylic acids is 2. The zero-order valence-corrected chi connectivity index (χ0v) is 14.2. The molecule has 2 amide bonds. The van der Waals surface area contributed by atoms with E-state index in [1.165, 1.54) is 0 Å². The van der Waals surface area contributed by atoms with E-state index in [0.29, 0.717) is 17.9 Å². The molecule has 1 aromatic rings. The van der Waals surface area contributed by atoms with Crippen LogP contribution in [0.25, 0.3) is 0 Å². The van der Waals surface area contributed by atoms with Crippen LogP contribution in [0, 0.1) is 5.92 Å². The molecule has 1 heterocycles. The first-order chi connectivity index (χ1) is 11.0. The molecule has 1 fully saturated rings. The summed E-state index contributed by atoms with van der Waals surface area (Å²) >= 11 is 0. The molecular formula is C18H26N2O3. The second kappa shape index (κ2) is 7.99. The normalized spacial score (nSPS) is 15.6. The third kappa shape index (κ3) is 4.98. The third-order valence-corrected chi connectivity index (χ3v) is 4.12. The molecule has 0 spiro atoms. The molecule has 1 N–H and O–H groups in total. The van der Waals surface area contributed by atoms with Gasteiger partial charge in [0.15, 0.2) is 0 Å². The predicted octanol–water partition coefficient (Wildman–Crippen LogP) is 2.46. The number of hydrogen-bond donors (Lipinski definition) is 1. The van der Waals surface area contributed by atoms with Crippen LogP contribution < -0.4 is 10.1 Å². The quantitative estimate of drug-likeness (QED) is 0.907. The Kier molecular flexibility index (Phi) is 6.02. The van der Waals surface area contributed by atoms with E-state index in [1.54, 1.807) is 31.4 Å². The van der Waals surface area contributed by atoms with Crippen LogP contribution in [0.2, 0.25) is 0 Å². The Morgan fingerprint density at radius 3 is 2.35 bits per heavy atom. The SMILES string of the molecule is COc1ccc(C(=O)NC2CCN(C(=O)CC(C)C)CC2)cc1. The van der Waals surface area contributed by atoms with Gasteiger partial charge >= 0.3 is 0 Å². The van der Waals surface area contributed by atoms with Gasteiger partial charge in [-0.15, -0.1) is 0 Å². The summed E-state index contributed by atoms with van der Waals surface area (Å²) in [4.78, 5) is 26.2. The van der Waals surface area contributed by atoms with Gasteiger partial charge in [-0.05, 0) is 43.0 Å². The van der Waals surface area contributed by atoms with Gasteiger partial charge < -0.3 is 15.0 Å². The van der Waals surface area contributed by atoms with Crippen molar-refractivity contribution in [3.63, 3.8) is 0 Å². The highest BCUT2D eigenvalue weighted by atomic mass is 16.5. The Labute approximate surface area is 138 Å². The fourth-order valence-electron chi connectivity index (χ4n) is 2.76. The van der Waals surface area contributed by atoms with Gasteiger partial charge in [0.2, 0.25) is 5.91 Å². The molecule has 5 heteroatoms. The lowest BCUT2D eigenvalue weighted by Gasteiger charge is -2.32. The fourth-order valence-corrected chi connectivity index (χ4v) is 2.76. The summed E-state index contributed by atoms with van der Waals surface area (Å²) in [7, 11) is 1.60. The summed E-state index contributed by atoms with van der Waals surface area (Å²) in [5.41, 5.74) is 0.629. The Bertz CT molecular complexity index is 532. The Morgan fingerprint density at radius 1 is 1.22 bits per heavy atom. The molecule has 1 aromatic carbocycles. The largest absolute Gasteiger partial charge is 0.497 e. The Hall–Kier alpha value is -2.04. The average Bonchev–Trinajstić information content (AvgIpc) is 2.55. The number of methoxy groups -OCH3 is 1. The van der Waals surface area contributed by atoms with Crippen LogP contribution in [-0.4, -0.2) is 43.0 Å². The van der Waals surface area contributed by atoms with Crippen molar-refractivity contribution in [2.24, 2.45) is 5.92 Å². The number of nitrogens with one attached hydrogen (secondary N) is 1. The van der Waals surface area contributed by atoms with E-state index in [4.69, 9.17) is 4.74 Å². The highest BCUT2D eigenvalue weighted by Crippen LogP contribution is 2.15. The summed E-state index contributed by atoms with van der Waals surface area (Å²) in [5.74, 6) is 1.27. The highest BCUT2D eigenvalue weighted by molar-refractivity contribution is 5.94. The third-order valence-electron chi connectivity index (χ3n) is 4.12. The van der Waals surface area contributed by atoms with Crippen molar-refractivity contribution in [1.82, 2.24) is 10.2 Å². The fraction of sp³-hybridized carbons (Fsp3) is 0.556. The monoisotopic (exact) mass is 318 g/mol. The number of ether oxygens (including phenoxy) is 1. The minimum Gasteiger partial charge on any atom is -0.497 e. The summed E-state index contributed by atoms with van der Waals surface area (Å²) in [6.07, 6.45) is 2.22. The predicted molar refractivity (Wildman–Crippen MR) is 89.5 cm³/mol. The van der Waals surface area contributed by atoms with Crippen LogP contribution in [0.1, 0.15) is 43.5 Å². The van der Waals surface area contributed by atoms with Crippen LogP contribution >= 0.6 is 0 Å². The molecule has 0 radical (unpaired) electrons. The maximum atomic E-state index is 12.2. The first-order valence-corrected chi connectivity index (χ1v) is 8.22. The minimum absolute atomic E-state index is 0.0698. The Morgan fingerprint density at radius 2 is 1.83 bits per heavy atom. The lowest BCUT2D eigenvalue weighted by molar-refractivity contribution is -0.133. The van der Waals surface area contributed by atoms with Crippen LogP contribution in [0.4, 0.5) is 0 Å². The molecule has 5 nitrogen and oxygen atoms in total. The number of likely N-dealkylation sites (tertiary alicyclic amines) is 1. The van der Waals surface area contributed by atoms with Crippen molar-refractivity contribution >= 4 is 11.8 Å². The van der Waals surface area contributed by atoms with Crippen molar-refractivity contribution in [3.8, 4) is 5.75 Å². The van der Waals surface area contributed by atoms with Gasteiger partial charge in [-0.2, -0.15) is 0 Å². The molecule has 0 saturated carbocycles. The lowest BCUT2D eigenvalue weighted by Crippen LogP contribution is -2.46. The molecule has 0 aliphatic carbocycles. The second-order valence-corrected chi connectivity index (χ2v) is 6.45. The van der Waals surface area contributed by atoms with Gasteiger partial charge in [-0.25, -0.2) is 0 Å². The van der Waals surface area contributed by atoms with E-state index in [2.05, 4.69) is 19.2 Å². The number of carbonyl (C=O) groups is 2. The first kappa shape index (κ1) is 17.3. The summed E-state index contributed by atoms with van der Waals surface area (Å²) in [6, 6.07) is 7.21. The average molecular weight is 318 g/mol. The zero-order valence-electron chi connectivity index (χ0n) is 14.2. The molecule has 2 rings (SSSR count). The number of nitrogens with zero attached hydrogens (tertiary/aromatic N) is 1. The number of hydrogen-bond acceptors (Lipinski definition) is 3. The van der Waals surface area contributed by atoms with Crippen molar-refractivity contribution in [2.75, 3.05) is 20.2 Å². The molecule has 0 aromatic heterocycles. The molecular weight excluding hydrogens is 292 g/mol. The van der Waals surface area contributed by atoms with Crippen molar-refractivity contribution < 1.29 is 14.3 Å². The van der Waals surface area contributed by atoms with E-state index in [-0.39, 0.29) is 17.9 Å². The van der Waals surface area contributed by atoms with Gasteiger partial charge in [-0.3, -0.25) is 9.59 Å². The number of piperidine rings is 1. The van der Waals surface area contributed by atoms with Crippen LogP contribution in [0.15, 0.2) is 24.3 Å². The Balaban J connectivity index is 1.81. The van der Waals surface area contributed by atoms with E-state index in [0.717, 1.165) is 31.7 Å².